The minimum Gasteiger partial charge on any atom is -0.192 e. The van der Waals surface area contributed by atoms with E-state index in [2.05, 4.69) is 15.9 Å². The summed E-state index contributed by atoms with van der Waals surface area (Å²) in [6.07, 6.45) is 0. The van der Waals surface area contributed by atoms with Gasteiger partial charge in [-0.05, 0) is 15.9 Å². The summed E-state index contributed by atoms with van der Waals surface area (Å²) in [5.41, 5.74) is 0.113. The summed E-state index contributed by atoms with van der Waals surface area (Å²) in [5, 5.41) is 17.7. The lowest BCUT2D eigenvalue weighted by molar-refractivity contribution is 1.41. The monoisotopic (exact) mass is 308 g/mol. The van der Waals surface area contributed by atoms with Gasteiger partial charge in [0.1, 0.15) is 12.1 Å². The minimum absolute atomic E-state index is 0.00100. The van der Waals surface area contributed by atoms with Crippen LogP contribution < -0.4 is 0 Å². The highest BCUT2D eigenvalue weighted by Crippen LogP contribution is 2.40. The van der Waals surface area contributed by atoms with Gasteiger partial charge in [0.2, 0.25) is 0 Å². The average molecular weight is 310 g/mol. The molecule has 0 aliphatic rings. The Kier molecular flexibility index (Phi) is 3.64. The highest BCUT2D eigenvalue weighted by atomic mass is 79.9. The molecule has 0 atom stereocenters. The zero-order valence-electron chi connectivity index (χ0n) is 6.41. The van der Waals surface area contributed by atoms with E-state index in [-0.39, 0.29) is 30.7 Å². The Morgan fingerprint density at radius 2 is 1.36 bits per heavy atom. The standard InChI is InChI=1S/C8BrCl3N2/c9-5-3(1-13)4(2-14)6(10)8(12)7(5)11. The maximum absolute atomic E-state index is 8.78. The van der Waals surface area contributed by atoms with Crippen molar-refractivity contribution in [3.05, 3.63) is 30.7 Å². The van der Waals surface area contributed by atoms with Crippen LogP contribution >= 0.6 is 50.7 Å². The smallest absolute Gasteiger partial charge is 0.102 e. The first-order valence-corrected chi connectivity index (χ1v) is 5.13. The van der Waals surface area contributed by atoms with E-state index >= 15 is 0 Å². The summed E-state index contributed by atoms with van der Waals surface area (Å²) in [7, 11) is 0. The number of benzene rings is 1. The lowest BCUT2D eigenvalue weighted by Gasteiger charge is -2.06. The van der Waals surface area contributed by atoms with Crippen molar-refractivity contribution in [3.63, 3.8) is 0 Å². The van der Waals surface area contributed by atoms with Crippen molar-refractivity contribution in [2.24, 2.45) is 0 Å². The average Bonchev–Trinajstić information content (AvgIpc) is 2.20. The molecule has 0 radical (unpaired) electrons. The SMILES string of the molecule is N#Cc1c(Cl)c(Cl)c(Cl)c(Br)c1C#N. The first kappa shape index (κ1) is 11.6. The predicted molar refractivity (Wildman–Crippen MR) is 58.6 cm³/mol. The van der Waals surface area contributed by atoms with Crippen LogP contribution in [0, 0.1) is 22.7 Å². The first-order valence-electron chi connectivity index (χ1n) is 3.20. The molecule has 1 aromatic carbocycles. The Labute approximate surface area is 104 Å². The Bertz CT molecular complexity index is 440. The van der Waals surface area contributed by atoms with Gasteiger partial charge in [0.15, 0.2) is 0 Å². The van der Waals surface area contributed by atoms with Crippen LogP contribution in [0.25, 0.3) is 0 Å². The molecule has 70 valence electrons. The van der Waals surface area contributed by atoms with Crippen molar-refractivity contribution >= 4 is 50.7 Å². The van der Waals surface area contributed by atoms with E-state index in [1.54, 1.807) is 6.07 Å². The molecule has 0 aromatic heterocycles. The topological polar surface area (TPSA) is 47.6 Å². The third-order valence-electron chi connectivity index (χ3n) is 1.49. The molecule has 0 N–H and O–H groups in total. The highest BCUT2D eigenvalue weighted by Gasteiger charge is 2.19. The van der Waals surface area contributed by atoms with Gasteiger partial charge in [0, 0.05) is 0 Å². The summed E-state index contributed by atoms with van der Waals surface area (Å²) in [5.74, 6) is 0. The van der Waals surface area contributed by atoms with Gasteiger partial charge < -0.3 is 0 Å². The quantitative estimate of drug-likeness (QED) is 0.534. The molecule has 0 unspecified atom stereocenters. The summed E-state index contributed by atoms with van der Waals surface area (Å²) < 4.78 is 0.285. The van der Waals surface area contributed by atoms with Crippen LogP contribution in [0.2, 0.25) is 15.1 Å². The maximum Gasteiger partial charge on any atom is 0.102 e. The number of hydrogen-bond donors (Lipinski definition) is 0. The van der Waals surface area contributed by atoms with E-state index < -0.39 is 0 Å². The lowest BCUT2D eigenvalue weighted by Crippen LogP contribution is -1.90. The summed E-state index contributed by atoms with van der Waals surface area (Å²) in [6.45, 7) is 0. The van der Waals surface area contributed by atoms with E-state index in [4.69, 9.17) is 45.3 Å². The molecular weight excluding hydrogens is 310 g/mol. The van der Waals surface area contributed by atoms with Crippen LogP contribution in [0.15, 0.2) is 4.47 Å². The molecule has 0 spiro atoms. The molecule has 0 aliphatic heterocycles. The molecule has 0 fully saturated rings. The molecule has 0 bridgehead atoms. The summed E-state index contributed by atoms with van der Waals surface area (Å²) in [4.78, 5) is 0. The molecule has 14 heavy (non-hydrogen) atoms. The second kappa shape index (κ2) is 4.38. The fraction of sp³-hybridized carbons (Fsp3) is 0. The van der Waals surface area contributed by atoms with E-state index in [0.717, 1.165) is 0 Å². The van der Waals surface area contributed by atoms with Gasteiger partial charge in [-0.3, -0.25) is 0 Å². The maximum atomic E-state index is 8.78. The van der Waals surface area contributed by atoms with Crippen molar-refractivity contribution in [1.29, 1.82) is 10.5 Å². The molecule has 1 aromatic rings. The van der Waals surface area contributed by atoms with E-state index in [1.165, 1.54) is 0 Å². The Hall–Kier alpha value is -0.450. The minimum atomic E-state index is -0.00100. The fourth-order valence-electron chi connectivity index (χ4n) is 0.842. The predicted octanol–water partition coefficient (Wildman–Crippen LogP) is 4.15. The Morgan fingerprint density at radius 3 is 1.79 bits per heavy atom. The largest absolute Gasteiger partial charge is 0.192 e. The molecule has 0 saturated carbocycles. The molecule has 0 amide bonds. The van der Waals surface area contributed by atoms with Gasteiger partial charge in [0.05, 0.1) is 30.7 Å². The third kappa shape index (κ3) is 1.69. The van der Waals surface area contributed by atoms with E-state index in [9.17, 15) is 0 Å². The third-order valence-corrected chi connectivity index (χ3v) is 3.84. The van der Waals surface area contributed by atoms with Gasteiger partial charge in [-0.25, -0.2) is 0 Å². The highest BCUT2D eigenvalue weighted by molar-refractivity contribution is 9.10. The van der Waals surface area contributed by atoms with Crippen molar-refractivity contribution in [1.82, 2.24) is 0 Å². The van der Waals surface area contributed by atoms with Gasteiger partial charge in [0.25, 0.3) is 0 Å². The van der Waals surface area contributed by atoms with Crippen LogP contribution in [0.3, 0.4) is 0 Å². The van der Waals surface area contributed by atoms with Gasteiger partial charge in [-0.1, -0.05) is 34.8 Å². The normalized spacial score (nSPS) is 9.29. The van der Waals surface area contributed by atoms with Crippen LogP contribution in [-0.4, -0.2) is 0 Å². The summed E-state index contributed by atoms with van der Waals surface area (Å²) in [6, 6.07) is 3.62. The summed E-state index contributed by atoms with van der Waals surface area (Å²) >= 11 is 20.3. The molecular formula is C8BrCl3N2. The number of nitrogens with zero attached hydrogens (tertiary/aromatic N) is 2. The molecule has 0 saturated heterocycles. The van der Waals surface area contributed by atoms with Crippen LogP contribution in [-0.2, 0) is 0 Å². The molecule has 0 heterocycles. The van der Waals surface area contributed by atoms with Crippen LogP contribution in [0.5, 0.6) is 0 Å². The van der Waals surface area contributed by atoms with Gasteiger partial charge in [-0.15, -0.1) is 0 Å². The second-order valence-corrected chi connectivity index (χ2v) is 4.16. The van der Waals surface area contributed by atoms with Crippen molar-refractivity contribution in [3.8, 4) is 12.1 Å². The van der Waals surface area contributed by atoms with Gasteiger partial charge in [-0.2, -0.15) is 10.5 Å². The molecule has 0 aliphatic carbocycles. The lowest BCUT2D eigenvalue weighted by atomic mass is 10.1. The Morgan fingerprint density at radius 1 is 0.857 bits per heavy atom. The first-order chi connectivity index (χ1) is 6.54. The number of halogens is 4. The Balaban J connectivity index is 3.79. The zero-order valence-corrected chi connectivity index (χ0v) is 10.3. The number of hydrogen-bond acceptors (Lipinski definition) is 2. The zero-order chi connectivity index (χ0) is 10.9. The van der Waals surface area contributed by atoms with E-state index in [1.807, 2.05) is 6.07 Å². The molecule has 1 rings (SSSR count). The number of rotatable bonds is 0. The fourth-order valence-corrected chi connectivity index (χ4v) is 2.10. The molecule has 6 heteroatoms. The molecule has 2 nitrogen and oxygen atoms in total. The van der Waals surface area contributed by atoms with Crippen molar-refractivity contribution in [2.45, 2.75) is 0 Å². The van der Waals surface area contributed by atoms with Crippen molar-refractivity contribution < 1.29 is 0 Å². The second-order valence-electron chi connectivity index (χ2n) is 2.23. The van der Waals surface area contributed by atoms with Crippen molar-refractivity contribution in [2.75, 3.05) is 0 Å². The number of nitriles is 2. The van der Waals surface area contributed by atoms with Crippen LogP contribution in [0.1, 0.15) is 11.1 Å². The van der Waals surface area contributed by atoms with Crippen LogP contribution in [0.4, 0.5) is 0 Å². The van der Waals surface area contributed by atoms with Gasteiger partial charge >= 0.3 is 0 Å². The van der Waals surface area contributed by atoms with E-state index in [0.29, 0.717) is 0 Å².